The number of nitrogens with zero attached hydrogens (tertiary/aromatic N) is 2. The summed E-state index contributed by atoms with van der Waals surface area (Å²) < 4.78 is 0. The molecule has 2 atom stereocenters. The monoisotopic (exact) mass is 214 g/mol. The number of hydrogen-bond donors (Lipinski definition) is 0. The van der Waals surface area contributed by atoms with Gasteiger partial charge in [-0.2, -0.15) is 5.26 Å². The molecule has 0 N–H and O–H groups in total. The minimum atomic E-state index is 0.743. The molecule has 0 saturated carbocycles. The van der Waals surface area contributed by atoms with E-state index in [4.69, 9.17) is 5.26 Å². The molecule has 1 saturated heterocycles. The molecule has 1 aromatic carbocycles. The second kappa shape index (κ2) is 4.67. The zero-order chi connectivity index (χ0) is 11.5. The summed E-state index contributed by atoms with van der Waals surface area (Å²) in [7, 11) is 0. The van der Waals surface area contributed by atoms with E-state index in [-0.39, 0.29) is 0 Å². The minimum absolute atomic E-state index is 0.743. The molecular weight excluding hydrogens is 196 g/mol. The normalized spacial score (nSPS) is 25.6. The predicted octanol–water partition coefficient (Wildman–Crippen LogP) is 2.65. The average molecular weight is 214 g/mol. The molecule has 84 valence electrons. The molecular formula is C14H18N2. The molecule has 0 bridgehead atoms. The first-order chi connectivity index (χ1) is 7.69. The zero-order valence-corrected chi connectivity index (χ0v) is 9.98. The molecule has 0 aliphatic carbocycles. The lowest BCUT2D eigenvalue weighted by Gasteiger charge is -2.15. The van der Waals surface area contributed by atoms with E-state index in [9.17, 15) is 0 Å². The minimum Gasteiger partial charge on any atom is -0.299 e. The second-order valence-corrected chi connectivity index (χ2v) is 4.96. The summed E-state index contributed by atoms with van der Waals surface area (Å²) in [4.78, 5) is 2.50. The van der Waals surface area contributed by atoms with Crippen molar-refractivity contribution in [1.82, 2.24) is 4.90 Å². The van der Waals surface area contributed by atoms with Crippen LogP contribution in [0, 0.1) is 23.2 Å². The van der Waals surface area contributed by atoms with Gasteiger partial charge in [0.1, 0.15) is 0 Å². The Labute approximate surface area is 97.5 Å². The first kappa shape index (κ1) is 11.2. The zero-order valence-electron chi connectivity index (χ0n) is 9.98. The Bertz CT molecular complexity index is 378. The molecule has 1 aromatic rings. The van der Waals surface area contributed by atoms with E-state index < -0.39 is 0 Å². The Balaban J connectivity index is 1.97. The van der Waals surface area contributed by atoms with Gasteiger partial charge >= 0.3 is 0 Å². The summed E-state index contributed by atoms with van der Waals surface area (Å²) in [6, 6.07) is 10.1. The third kappa shape index (κ3) is 2.43. The molecule has 2 nitrogen and oxygen atoms in total. The molecule has 2 unspecified atom stereocenters. The van der Waals surface area contributed by atoms with Crippen LogP contribution in [0.1, 0.15) is 25.0 Å². The highest BCUT2D eigenvalue weighted by molar-refractivity contribution is 5.31. The number of rotatable bonds is 2. The van der Waals surface area contributed by atoms with Crippen LogP contribution in [0.3, 0.4) is 0 Å². The van der Waals surface area contributed by atoms with Gasteiger partial charge in [-0.3, -0.25) is 4.90 Å². The van der Waals surface area contributed by atoms with Gasteiger partial charge in [0.15, 0.2) is 0 Å². The molecule has 0 aromatic heterocycles. The van der Waals surface area contributed by atoms with Crippen LogP contribution in [0.4, 0.5) is 0 Å². The highest BCUT2D eigenvalue weighted by Crippen LogP contribution is 2.23. The van der Waals surface area contributed by atoms with Gasteiger partial charge in [0.25, 0.3) is 0 Å². The molecule has 0 radical (unpaired) electrons. The van der Waals surface area contributed by atoms with Gasteiger partial charge in [-0.1, -0.05) is 26.0 Å². The standard InChI is InChI=1S/C14H18N2/c1-11-8-16(9-12(11)2)10-14-5-3-13(7-15)4-6-14/h3-6,11-12H,8-10H2,1-2H3. The van der Waals surface area contributed by atoms with Crippen LogP contribution in [0.2, 0.25) is 0 Å². The van der Waals surface area contributed by atoms with E-state index in [0.29, 0.717) is 0 Å². The van der Waals surface area contributed by atoms with Crippen molar-refractivity contribution in [1.29, 1.82) is 5.26 Å². The predicted molar refractivity (Wildman–Crippen MR) is 64.8 cm³/mol. The summed E-state index contributed by atoms with van der Waals surface area (Å²) in [6.07, 6.45) is 0. The average Bonchev–Trinajstić information content (AvgIpc) is 2.59. The molecule has 2 rings (SSSR count). The Morgan fingerprint density at radius 3 is 2.25 bits per heavy atom. The summed E-state index contributed by atoms with van der Waals surface area (Å²) in [5.74, 6) is 1.61. The van der Waals surface area contributed by atoms with Crippen molar-refractivity contribution in [3.8, 4) is 6.07 Å². The van der Waals surface area contributed by atoms with Crippen LogP contribution >= 0.6 is 0 Å². The quantitative estimate of drug-likeness (QED) is 0.756. The van der Waals surface area contributed by atoms with Crippen molar-refractivity contribution in [2.75, 3.05) is 13.1 Å². The van der Waals surface area contributed by atoms with E-state index in [2.05, 4.69) is 36.9 Å². The molecule has 2 heteroatoms. The van der Waals surface area contributed by atoms with Gasteiger partial charge in [-0.25, -0.2) is 0 Å². The maximum absolute atomic E-state index is 8.72. The lowest BCUT2D eigenvalue weighted by Crippen LogP contribution is -2.19. The van der Waals surface area contributed by atoms with Crippen molar-refractivity contribution in [2.45, 2.75) is 20.4 Å². The molecule has 1 fully saturated rings. The Kier molecular flexibility index (Phi) is 3.26. The number of benzene rings is 1. The van der Waals surface area contributed by atoms with Gasteiger partial charge < -0.3 is 0 Å². The number of hydrogen-bond acceptors (Lipinski definition) is 2. The van der Waals surface area contributed by atoms with Crippen LogP contribution < -0.4 is 0 Å². The Morgan fingerprint density at radius 1 is 1.19 bits per heavy atom. The molecule has 1 aliphatic heterocycles. The van der Waals surface area contributed by atoms with Crippen LogP contribution in [-0.2, 0) is 6.54 Å². The molecule has 0 spiro atoms. The van der Waals surface area contributed by atoms with Crippen molar-refractivity contribution < 1.29 is 0 Å². The highest BCUT2D eigenvalue weighted by Gasteiger charge is 2.25. The SMILES string of the molecule is CC1CN(Cc2ccc(C#N)cc2)CC1C. The lowest BCUT2D eigenvalue weighted by atomic mass is 10.0. The fraction of sp³-hybridized carbons (Fsp3) is 0.500. The van der Waals surface area contributed by atoms with Crippen molar-refractivity contribution in [3.63, 3.8) is 0 Å². The third-order valence-electron chi connectivity index (χ3n) is 3.55. The van der Waals surface area contributed by atoms with E-state index in [1.807, 2.05) is 12.1 Å². The van der Waals surface area contributed by atoms with Crippen LogP contribution in [0.25, 0.3) is 0 Å². The maximum Gasteiger partial charge on any atom is 0.0991 e. The van der Waals surface area contributed by atoms with E-state index in [1.54, 1.807) is 0 Å². The highest BCUT2D eigenvalue weighted by atomic mass is 15.1. The molecule has 16 heavy (non-hydrogen) atoms. The Hall–Kier alpha value is -1.33. The fourth-order valence-corrected chi connectivity index (χ4v) is 2.32. The van der Waals surface area contributed by atoms with E-state index in [0.717, 1.165) is 23.9 Å². The third-order valence-corrected chi connectivity index (χ3v) is 3.55. The summed E-state index contributed by atoms with van der Waals surface area (Å²) in [5, 5.41) is 8.72. The lowest BCUT2D eigenvalue weighted by molar-refractivity contribution is 0.316. The largest absolute Gasteiger partial charge is 0.299 e. The Morgan fingerprint density at radius 2 is 1.75 bits per heavy atom. The number of nitriles is 1. The van der Waals surface area contributed by atoms with E-state index >= 15 is 0 Å². The van der Waals surface area contributed by atoms with Crippen LogP contribution in [0.5, 0.6) is 0 Å². The van der Waals surface area contributed by atoms with E-state index in [1.165, 1.54) is 18.7 Å². The molecule has 1 heterocycles. The number of likely N-dealkylation sites (tertiary alicyclic amines) is 1. The van der Waals surface area contributed by atoms with Crippen molar-refractivity contribution in [3.05, 3.63) is 35.4 Å². The van der Waals surface area contributed by atoms with Crippen LogP contribution in [0.15, 0.2) is 24.3 Å². The van der Waals surface area contributed by atoms with Gasteiger partial charge in [0, 0.05) is 19.6 Å². The van der Waals surface area contributed by atoms with Gasteiger partial charge in [-0.15, -0.1) is 0 Å². The van der Waals surface area contributed by atoms with Crippen LogP contribution in [-0.4, -0.2) is 18.0 Å². The second-order valence-electron chi connectivity index (χ2n) is 4.96. The van der Waals surface area contributed by atoms with Gasteiger partial charge in [0.05, 0.1) is 11.6 Å². The molecule has 0 amide bonds. The van der Waals surface area contributed by atoms with Crippen molar-refractivity contribution in [2.24, 2.45) is 11.8 Å². The molecule has 1 aliphatic rings. The topological polar surface area (TPSA) is 27.0 Å². The van der Waals surface area contributed by atoms with Gasteiger partial charge in [-0.05, 0) is 29.5 Å². The van der Waals surface area contributed by atoms with Gasteiger partial charge in [0.2, 0.25) is 0 Å². The summed E-state index contributed by atoms with van der Waals surface area (Å²) in [6.45, 7) is 8.05. The maximum atomic E-state index is 8.72. The smallest absolute Gasteiger partial charge is 0.0991 e. The van der Waals surface area contributed by atoms with Crippen molar-refractivity contribution >= 4 is 0 Å². The first-order valence-electron chi connectivity index (χ1n) is 5.90. The first-order valence-corrected chi connectivity index (χ1v) is 5.90. The summed E-state index contributed by atoms with van der Waals surface area (Å²) >= 11 is 0. The fourth-order valence-electron chi connectivity index (χ4n) is 2.32. The summed E-state index contributed by atoms with van der Waals surface area (Å²) in [5.41, 5.74) is 2.05.